The molecular weight excluding hydrogens is 291 g/mol. The Morgan fingerprint density at radius 3 is 2.81 bits per heavy atom. The van der Waals surface area contributed by atoms with Gasteiger partial charge < -0.3 is 9.47 Å². The van der Waals surface area contributed by atoms with Gasteiger partial charge in [0, 0.05) is 30.5 Å². The van der Waals surface area contributed by atoms with Gasteiger partial charge in [-0.2, -0.15) is 0 Å². The maximum Gasteiger partial charge on any atom is 0.141 e. The zero-order valence-electron chi connectivity index (χ0n) is 9.34. The lowest BCUT2D eigenvalue weighted by molar-refractivity contribution is 0.130. The molecule has 0 N–H and O–H groups in total. The smallest absolute Gasteiger partial charge is 0.141 e. The zero-order chi connectivity index (χ0) is 11.8. The molecule has 0 fully saturated rings. The van der Waals surface area contributed by atoms with Crippen LogP contribution in [0.25, 0.3) is 0 Å². The summed E-state index contributed by atoms with van der Waals surface area (Å²) in [6.07, 6.45) is 0.876. The molecule has 0 saturated heterocycles. The molecule has 0 bridgehead atoms. The lowest BCUT2D eigenvalue weighted by Crippen LogP contribution is -2.04. The van der Waals surface area contributed by atoms with Crippen LogP contribution in [0.1, 0.15) is 18.9 Å². The van der Waals surface area contributed by atoms with E-state index in [1.54, 1.807) is 0 Å². The number of halogens is 2. The molecule has 1 aromatic rings. The van der Waals surface area contributed by atoms with Crippen molar-refractivity contribution in [2.24, 2.45) is 0 Å². The second-order valence-electron chi connectivity index (χ2n) is 3.26. The number of hydrogen-bond acceptors (Lipinski definition) is 2. The minimum Gasteiger partial charge on any atom is -0.492 e. The van der Waals surface area contributed by atoms with Gasteiger partial charge in [-0.25, -0.2) is 0 Å². The second-order valence-corrected chi connectivity index (χ2v) is 4.23. The largest absolute Gasteiger partial charge is 0.492 e. The standard InChI is InChI=1S/C12H16BrClO2/c1-2-15-7-4-8-16-12-10(9-13)5-3-6-11(12)14/h3,5-6H,2,4,7-9H2,1H3. The average Bonchev–Trinajstić information content (AvgIpc) is 2.30. The van der Waals surface area contributed by atoms with Gasteiger partial charge in [0.05, 0.1) is 11.6 Å². The molecule has 0 radical (unpaired) electrons. The summed E-state index contributed by atoms with van der Waals surface area (Å²) in [5.41, 5.74) is 1.07. The predicted octanol–water partition coefficient (Wildman–Crippen LogP) is 4.04. The summed E-state index contributed by atoms with van der Waals surface area (Å²) in [4.78, 5) is 0. The molecule has 0 heterocycles. The van der Waals surface area contributed by atoms with Crippen LogP contribution in [0, 0.1) is 0 Å². The lowest BCUT2D eigenvalue weighted by Gasteiger charge is -2.11. The van der Waals surface area contributed by atoms with Crippen LogP contribution in [-0.4, -0.2) is 19.8 Å². The maximum absolute atomic E-state index is 6.07. The van der Waals surface area contributed by atoms with Gasteiger partial charge in [-0.15, -0.1) is 0 Å². The number of para-hydroxylation sites is 1. The van der Waals surface area contributed by atoms with Crippen molar-refractivity contribution in [1.29, 1.82) is 0 Å². The first-order valence-electron chi connectivity index (χ1n) is 5.33. The molecule has 0 spiro atoms. The highest BCUT2D eigenvalue weighted by Crippen LogP contribution is 2.30. The molecule has 90 valence electrons. The first kappa shape index (κ1) is 13.8. The first-order chi connectivity index (χ1) is 7.79. The van der Waals surface area contributed by atoms with Gasteiger partial charge in [-0.3, -0.25) is 0 Å². The molecule has 0 aromatic heterocycles. The summed E-state index contributed by atoms with van der Waals surface area (Å²) in [6, 6.07) is 5.76. The monoisotopic (exact) mass is 306 g/mol. The lowest BCUT2D eigenvalue weighted by atomic mass is 10.2. The average molecular weight is 308 g/mol. The van der Waals surface area contributed by atoms with Crippen molar-refractivity contribution in [3.63, 3.8) is 0 Å². The van der Waals surface area contributed by atoms with Crippen LogP contribution >= 0.6 is 27.5 Å². The van der Waals surface area contributed by atoms with Crippen molar-refractivity contribution in [3.05, 3.63) is 28.8 Å². The van der Waals surface area contributed by atoms with Crippen LogP contribution in [0.5, 0.6) is 5.75 Å². The summed E-state index contributed by atoms with van der Waals surface area (Å²) < 4.78 is 10.9. The van der Waals surface area contributed by atoms with E-state index in [1.807, 2.05) is 25.1 Å². The SMILES string of the molecule is CCOCCCOc1c(Cl)cccc1CBr. The molecule has 4 heteroatoms. The Balaban J connectivity index is 2.46. The van der Waals surface area contributed by atoms with E-state index < -0.39 is 0 Å². The van der Waals surface area contributed by atoms with Crippen molar-refractivity contribution in [2.75, 3.05) is 19.8 Å². The van der Waals surface area contributed by atoms with E-state index in [1.165, 1.54) is 0 Å². The van der Waals surface area contributed by atoms with E-state index in [0.717, 1.165) is 36.3 Å². The maximum atomic E-state index is 6.07. The van der Waals surface area contributed by atoms with Crippen LogP contribution in [0.3, 0.4) is 0 Å². The molecule has 0 aliphatic carbocycles. The van der Waals surface area contributed by atoms with Gasteiger partial charge in [-0.1, -0.05) is 39.7 Å². The van der Waals surface area contributed by atoms with Crippen LogP contribution < -0.4 is 4.74 Å². The van der Waals surface area contributed by atoms with Crippen LogP contribution in [-0.2, 0) is 10.1 Å². The Morgan fingerprint density at radius 1 is 1.31 bits per heavy atom. The van der Waals surface area contributed by atoms with Gasteiger partial charge in [-0.05, 0) is 13.0 Å². The highest BCUT2D eigenvalue weighted by Gasteiger charge is 2.06. The van der Waals surface area contributed by atoms with Crippen molar-refractivity contribution >= 4 is 27.5 Å². The third-order valence-electron chi connectivity index (χ3n) is 2.08. The summed E-state index contributed by atoms with van der Waals surface area (Å²) >= 11 is 9.48. The molecule has 0 aliphatic heterocycles. The number of ether oxygens (including phenoxy) is 2. The fraction of sp³-hybridized carbons (Fsp3) is 0.500. The summed E-state index contributed by atoms with van der Waals surface area (Å²) in [5.74, 6) is 0.776. The minimum atomic E-state index is 0.629. The molecule has 1 aromatic carbocycles. The second kappa shape index (κ2) is 7.93. The quantitative estimate of drug-likeness (QED) is 0.559. The van der Waals surface area contributed by atoms with Crippen LogP contribution in [0.4, 0.5) is 0 Å². The van der Waals surface area contributed by atoms with E-state index in [4.69, 9.17) is 21.1 Å². The molecule has 0 unspecified atom stereocenters. The van der Waals surface area contributed by atoms with Gasteiger partial charge in [0.25, 0.3) is 0 Å². The van der Waals surface area contributed by atoms with E-state index in [9.17, 15) is 0 Å². The highest BCUT2D eigenvalue weighted by atomic mass is 79.9. The van der Waals surface area contributed by atoms with Crippen molar-refractivity contribution in [2.45, 2.75) is 18.7 Å². The fourth-order valence-corrected chi connectivity index (χ4v) is 1.99. The molecular formula is C12H16BrClO2. The van der Waals surface area contributed by atoms with E-state index >= 15 is 0 Å². The predicted molar refractivity (Wildman–Crippen MR) is 70.7 cm³/mol. The van der Waals surface area contributed by atoms with Crippen LogP contribution in [0.15, 0.2) is 18.2 Å². The topological polar surface area (TPSA) is 18.5 Å². The molecule has 0 saturated carbocycles. The van der Waals surface area contributed by atoms with Gasteiger partial charge in [0.2, 0.25) is 0 Å². The zero-order valence-corrected chi connectivity index (χ0v) is 11.7. The third-order valence-corrected chi connectivity index (χ3v) is 2.98. The number of rotatable bonds is 7. The van der Waals surface area contributed by atoms with Crippen LogP contribution in [0.2, 0.25) is 5.02 Å². The van der Waals surface area contributed by atoms with Crippen molar-refractivity contribution < 1.29 is 9.47 Å². The number of alkyl halides is 1. The summed E-state index contributed by atoms with van der Waals surface area (Å²) in [6.45, 7) is 4.09. The number of benzene rings is 1. The van der Waals surface area contributed by atoms with Crippen molar-refractivity contribution in [1.82, 2.24) is 0 Å². The summed E-state index contributed by atoms with van der Waals surface area (Å²) in [5, 5.41) is 1.40. The third kappa shape index (κ3) is 4.32. The fourth-order valence-electron chi connectivity index (χ4n) is 1.30. The normalized spacial score (nSPS) is 10.4. The molecule has 0 aliphatic rings. The molecule has 2 nitrogen and oxygen atoms in total. The first-order valence-corrected chi connectivity index (χ1v) is 6.83. The van der Waals surface area contributed by atoms with Gasteiger partial charge in [0.15, 0.2) is 0 Å². The summed E-state index contributed by atoms with van der Waals surface area (Å²) in [7, 11) is 0. The Morgan fingerprint density at radius 2 is 2.12 bits per heavy atom. The Kier molecular flexibility index (Phi) is 6.85. The highest BCUT2D eigenvalue weighted by molar-refractivity contribution is 9.08. The van der Waals surface area contributed by atoms with E-state index in [-0.39, 0.29) is 0 Å². The van der Waals surface area contributed by atoms with E-state index in [2.05, 4.69) is 15.9 Å². The molecule has 0 atom stereocenters. The molecule has 0 amide bonds. The Bertz CT molecular complexity index is 318. The number of hydrogen-bond donors (Lipinski definition) is 0. The van der Waals surface area contributed by atoms with E-state index in [0.29, 0.717) is 11.6 Å². The van der Waals surface area contributed by atoms with Gasteiger partial charge in [0.1, 0.15) is 5.75 Å². The molecule has 16 heavy (non-hydrogen) atoms. The van der Waals surface area contributed by atoms with Crippen molar-refractivity contribution in [3.8, 4) is 5.75 Å². The van der Waals surface area contributed by atoms with Gasteiger partial charge >= 0.3 is 0 Å². The molecule has 1 rings (SSSR count). The Hall–Kier alpha value is -0.250. The minimum absolute atomic E-state index is 0.629. The Labute approximate surface area is 110 Å².